The molecular formula is C31H23ClFN3O3. The molecule has 6 nitrogen and oxygen atoms in total. The van der Waals surface area contributed by atoms with E-state index in [-0.39, 0.29) is 11.8 Å². The molecule has 1 aromatic heterocycles. The van der Waals surface area contributed by atoms with Crippen LogP contribution in [0.4, 0.5) is 10.1 Å². The maximum absolute atomic E-state index is 14.1. The van der Waals surface area contributed by atoms with Crippen molar-refractivity contribution in [3.8, 4) is 34.0 Å². The highest BCUT2D eigenvalue weighted by atomic mass is 35.5. The smallest absolute Gasteiger partial charge is 0.309 e. The van der Waals surface area contributed by atoms with Crippen LogP contribution in [0.5, 0.6) is 5.88 Å². The van der Waals surface area contributed by atoms with E-state index in [1.165, 1.54) is 23.7 Å². The van der Waals surface area contributed by atoms with E-state index in [4.69, 9.17) is 21.4 Å². The predicted octanol–water partition coefficient (Wildman–Crippen LogP) is 7.48. The van der Waals surface area contributed by atoms with Gasteiger partial charge in [0.15, 0.2) is 0 Å². The Morgan fingerprint density at radius 3 is 2.21 bits per heavy atom. The Kier molecular flexibility index (Phi) is 7.25. The van der Waals surface area contributed by atoms with Gasteiger partial charge < -0.3 is 10.1 Å². The van der Waals surface area contributed by atoms with Crippen molar-refractivity contribution in [1.82, 2.24) is 9.78 Å². The average molecular weight is 540 g/mol. The first-order chi connectivity index (χ1) is 18.8. The number of hydrogen-bond acceptors (Lipinski definition) is 4. The molecule has 39 heavy (non-hydrogen) atoms. The molecule has 0 bridgehead atoms. The summed E-state index contributed by atoms with van der Waals surface area (Å²) < 4.78 is 21.2. The quantitative estimate of drug-likeness (QED) is 0.227. The highest BCUT2D eigenvalue weighted by molar-refractivity contribution is 6.30. The van der Waals surface area contributed by atoms with Gasteiger partial charge in [-0.15, -0.1) is 0 Å². The summed E-state index contributed by atoms with van der Waals surface area (Å²) >= 11 is 5.92. The van der Waals surface area contributed by atoms with Crippen molar-refractivity contribution in [2.45, 2.75) is 13.8 Å². The molecule has 0 saturated carbocycles. The monoisotopic (exact) mass is 539 g/mol. The number of aryl methyl sites for hydroxylation is 1. The van der Waals surface area contributed by atoms with Crippen molar-refractivity contribution in [2.75, 3.05) is 5.32 Å². The summed E-state index contributed by atoms with van der Waals surface area (Å²) in [6.07, 6.45) is 0. The van der Waals surface area contributed by atoms with Gasteiger partial charge in [0.2, 0.25) is 5.88 Å². The summed E-state index contributed by atoms with van der Waals surface area (Å²) in [6.45, 7) is 3.28. The summed E-state index contributed by atoms with van der Waals surface area (Å²) in [4.78, 5) is 24.8. The third kappa shape index (κ3) is 5.73. The maximum Gasteiger partial charge on any atom is 0.309 e. The lowest BCUT2D eigenvalue weighted by molar-refractivity contribution is -0.132. The van der Waals surface area contributed by atoms with E-state index in [9.17, 15) is 14.0 Å². The second kappa shape index (κ2) is 10.9. The molecule has 0 fully saturated rings. The van der Waals surface area contributed by atoms with E-state index in [0.717, 1.165) is 11.1 Å². The Morgan fingerprint density at radius 1 is 0.897 bits per heavy atom. The third-order valence-electron chi connectivity index (χ3n) is 6.00. The van der Waals surface area contributed by atoms with E-state index < -0.39 is 11.8 Å². The largest absolute Gasteiger partial charge is 0.407 e. The molecule has 5 aromatic rings. The molecule has 1 heterocycles. The van der Waals surface area contributed by atoms with Gasteiger partial charge in [0.25, 0.3) is 5.91 Å². The molecule has 0 aliphatic heterocycles. The Balaban J connectivity index is 1.60. The zero-order valence-corrected chi connectivity index (χ0v) is 21.9. The molecule has 0 saturated heterocycles. The van der Waals surface area contributed by atoms with E-state index in [0.29, 0.717) is 38.8 Å². The summed E-state index contributed by atoms with van der Waals surface area (Å²) in [5.41, 5.74) is 5.10. The number of rotatable bonds is 6. The van der Waals surface area contributed by atoms with Crippen molar-refractivity contribution >= 4 is 29.2 Å². The van der Waals surface area contributed by atoms with E-state index in [2.05, 4.69) is 5.32 Å². The molecule has 1 amide bonds. The van der Waals surface area contributed by atoms with Crippen molar-refractivity contribution < 1.29 is 18.7 Å². The first kappa shape index (κ1) is 25.9. The number of carbonyl (C=O) groups is 2. The molecule has 4 aromatic carbocycles. The van der Waals surface area contributed by atoms with Crippen molar-refractivity contribution in [2.24, 2.45) is 0 Å². The minimum absolute atomic E-state index is 0.154. The summed E-state index contributed by atoms with van der Waals surface area (Å²) in [5, 5.41) is 8.17. The van der Waals surface area contributed by atoms with Crippen molar-refractivity contribution in [3.05, 3.63) is 119 Å². The maximum atomic E-state index is 14.1. The van der Waals surface area contributed by atoms with Gasteiger partial charge in [0.1, 0.15) is 11.5 Å². The van der Waals surface area contributed by atoms with Crippen LogP contribution in [0.25, 0.3) is 28.1 Å². The first-order valence-electron chi connectivity index (χ1n) is 12.1. The number of benzene rings is 4. The van der Waals surface area contributed by atoms with Crippen LogP contribution in [0.15, 0.2) is 97.1 Å². The van der Waals surface area contributed by atoms with Gasteiger partial charge >= 0.3 is 5.97 Å². The lowest BCUT2D eigenvalue weighted by Crippen LogP contribution is -2.11. The molecule has 0 atom stereocenters. The summed E-state index contributed by atoms with van der Waals surface area (Å²) in [7, 11) is 0. The van der Waals surface area contributed by atoms with E-state index in [1.807, 2.05) is 31.2 Å². The minimum Gasteiger partial charge on any atom is -0.407 e. The van der Waals surface area contributed by atoms with Gasteiger partial charge in [-0.1, -0.05) is 59.6 Å². The summed E-state index contributed by atoms with van der Waals surface area (Å²) in [6, 6.07) is 27.4. The average Bonchev–Trinajstić information content (AvgIpc) is 3.28. The molecule has 0 aliphatic carbocycles. The van der Waals surface area contributed by atoms with Gasteiger partial charge in [-0.25, -0.2) is 4.39 Å². The molecular weight excluding hydrogens is 517 g/mol. The molecule has 0 unspecified atom stereocenters. The Labute approximate surface area is 229 Å². The van der Waals surface area contributed by atoms with Crippen LogP contribution < -0.4 is 10.1 Å². The van der Waals surface area contributed by atoms with Gasteiger partial charge in [-0.2, -0.15) is 9.78 Å². The molecule has 194 valence electrons. The number of halogens is 2. The van der Waals surface area contributed by atoms with Crippen LogP contribution in [0.2, 0.25) is 5.02 Å². The van der Waals surface area contributed by atoms with Gasteiger partial charge in [-0.05, 0) is 67.1 Å². The summed E-state index contributed by atoms with van der Waals surface area (Å²) in [5.74, 6) is -1.12. The molecule has 0 aliphatic rings. The number of anilines is 1. The lowest BCUT2D eigenvalue weighted by atomic mass is 10.00. The minimum atomic E-state index is -0.545. The SMILES string of the molecule is CC(=O)Oc1c(-c2ccc(NC(=O)c3ccc(Cl)cc3)cc2)c(-c2ccc(C)cc2)nn1-c1cccc(F)c1. The zero-order chi connectivity index (χ0) is 27.5. The first-order valence-corrected chi connectivity index (χ1v) is 12.5. The molecule has 0 radical (unpaired) electrons. The second-order valence-electron chi connectivity index (χ2n) is 8.92. The molecule has 1 N–H and O–H groups in total. The number of amides is 1. The number of nitrogens with zero attached hydrogens (tertiary/aromatic N) is 2. The fourth-order valence-corrected chi connectivity index (χ4v) is 4.24. The van der Waals surface area contributed by atoms with E-state index >= 15 is 0 Å². The molecule has 5 rings (SSSR count). The molecule has 8 heteroatoms. The third-order valence-corrected chi connectivity index (χ3v) is 6.25. The van der Waals surface area contributed by atoms with Gasteiger partial charge in [0.05, 0.1) is 11.3 Å². The Bertz CT molecular complexity index is 1660. The predicted molar refractivity (Wildman–Crippen MR) is 150 cm³/mol. The van der Waals surface area contributed by atoms with Crippen LogP contribution in [-0.2, 0) is 4.79 Å². The number of aromatic nitrogens is 2. The number of nitrogens with one attached hydrogen (secondary N) is 1. The Hall–Kier alpha value is -4.75. The van der Waals surface area contributed by atoms with Crippen LogP contribution in [0.3, 0.4) is 0 Å². The number of carbonyl (C=O) groups excluding carboxylic acids is 2. The van der Waals surface area contributed by atoms with E-state index in [1.54, 1.807) is 60.7 Å². The van der Waals surface area contributed by atoms with Crippen molar-refractivity contribution in [1.29, 1.82) is 0 Å². The highest BCUT2D eigenvalue weighted by Gasteiger charge is 2.25. The Morgan fingerprint density at radius 2 is 1.56 bits per heavy atom. The van der Waals surface area contributed by atoms with Crippen LogP contribution in [0, 0.1) is 12.7 Å². The topological polar surface area (TPSA) is 73.2 Å². The highest BCUT2D eigenvalue weighted by Crippen LogP contribution is 2.41. The fourth-order valence-electron chi connectivity index (χ4n) is 4.11. The fraction of sp³-hybridized carbons (Fsp3) is 0.0645. The van der Waals surface area contributed by atoms with Gasteiger partial charge in [-0.3, -0.25) is 9.59 Å². The second-order valence-corrected chi connectivity index (χ2v) is 9.35. The molecule has 0 spiro atoms. The van der Waals surface area contributed by atoms with Crippen molar-refractivity contribution in [3.63, 3.8) is 0 Å². The van der Waals surface area contributed by atoms with Crippen LogP contribution in [0.1, 0.15) is 22.8 Å². The van der Waals surface area contributed by atoms with Crippen LogP contribution >= 0.6 is 11.6 Å². The standard InChI is InChI=1S/C31H23ClFN3O3/c1-19-6-8-22(9-7-19)29-28(31(39-20(2)37)36(35-29)27-5-3-4-25(33)18-27)21-12-16-26(17-13-21)34-30(38)23-10-14-24(32)15-11-23/h3-18H,1-2H3,(H,34,38). The number of hydrogen-bond donors (Lipinski definition) is 1. The van der Waals surface area contributed by atoms with Crippen LogP contribution in [-0.4, -0.2) is 21.7 Å². The van der Waals surface area contributed by atoms with Gasteiger partial charge in [0, 0.05) is 28.8 Å². The number of esters is 1. The number of ether oxygens (including phenoxy) is 1. The lowest BCUT2D eigenvalue weighted by Gasteiger charge is -2.11. The zero-order valence-electron chi connectivity index (χ0n) is 21.1. The normalized spacial score (nSPS) is 10.8.